The molecule has 0 saturated carbocycles. The molecule has 18 heavy (non-hydrogen) atoms. The van der Waals surface area contributed by atoms with Crippen LogP contribution in [-0.2, 0) is 0 Å². The first-order chi connectivity index (χ1) is 8.59. The average Bonchev–Trinajstić information content (AvgIpc) is 2.35. The molecule has 0 unspecified atom stereocenters. The van der Waals surface area contributed by atoms with Crippen molar-refractivity contribution >= 4 is 27.5 Å². The van der Waals surface area contributed by atoms with Gasteiger partial charge in [0.15, 0.2) is 11.6 Å². The van der Waals surface area contributed by atoms with Crippen molar-refractivity contribution in [3.8, 4) is 0 Å². The Hall–Kier alpha value is -1.82. The Kier molecular flexibility index (Phi) is 3.66. The number of nitrogens with one attached hydrogen (secondary N) is 1. The van der Waals surface area contributed by atoms with Gasteiger partial charge in [0.1, 0.15) is 4.60 Å². The van der Waals surface area contributed by atoms with Gasteiger partial charge in [-0.3, -0.25) is 4.79 Å². The van der Waals surface area contributed by atoms with Crippen molar-refractivity contribution in [3.63, 3.8) is 0 Å². The molecule has 1 aromatic carbocycles. The number of benzene rings is 1. The second-order valence-electron chi connectivity index (χ2n) is 3.40. The smallest absolute Gasteiger partial charge is 0.258 e. The minimum Gasteiger partial charge on any atom is -0.319 e. The first-order valence-corrected chi connectivity index (χ1v) is 5.75. The number of aromatic nitrogens is 1. The normalized spacial score (nSPS) is 10.2. The Morgan fingerprint density at radius 3 is 2.72 bits per heavy atom. The first-order valence-electron chi connectivity index (χ1n) is 4.95. The Labute approximate surface area is 110 Å². The van der Waals surface area contributed by atoms with E-state index in [1.807, 2.05) is 0 Å². The van der Waals surface area contributed by atoms with E-state index in [0.717, 1.165) is 6.07 Å². The third-order valence-electron chi connectivity index (χ3n) is 2.20. The highest BCUT2D eigenvalue weighted by Crippen LogP contribution is 2.19. The van der Waals surface area contributed by atoms with Crippen molar-refractivity contribution in [2.75, 3.05) is 5.32 Å². The predicted octanol–water partition coefficient (Wildman–Crippen LogP) is 3.37. The number of hydrogen-bond acceptors (Lipinski definition) is 2. The SMILES string of the molecule is O=C(Nc1cccc(F)c1F)c1cccnc1Br. The molecule has 1 heterocycles. The van der Waals surface area contributed by atoms with Crippen molar-refractivity contribution in [1.29, 1.82) is 0 Å². The molecule has 6 heteroatoms. The van der Waals surface area contributed by atoms with Crippen LogP contribution in [0.25, 0.3) is 0 Å². The van der Waals surface area contributed by atoms with Crippen molar-refractivity contribution in [1.82, 2.24) is 4.98 Å². The van der Waals surface area contributed by atoms with Gasteiger partial charge in [-0.25, -0.2) is 13.8 Å². The van der Waals surface area contributed by atoms with Crippen LogP contribution >= 0.6 is 15.9 Å². The molecule has 3 nitrogen and oxygen atoms in total. The van der Waals surface area contributed by atoms with Crippen LogP contribution in [0.1, 0.15) is 10.4 Å². The molecule has 2 aromatic rings. The van der Waals surface area contributed by atoms with E-state index in [0.29, 0.717) is 4.60 Å². The number of carbonyl (C=O) groups is 1. The fraction of sp³-hybridized carbons (Fsp3) is 0. The van der Waals surface area contributed by atoms with E-state index < -0.39 is 17.5 Å². The lowest BCUT2D eigenvalue weighted by Gasteiger charge is -2.07. The number of pyridine rings is 1. The summed E-state index contributed by atoms with van der Waals surface area (Å²) in [7, 11) is 0. The van der Waals surface area contributed by atoms with Gasteiger partial charge in [0.05, 0.1) is 11.3 Å². The lowest BCUT2D eigenvalue weighted by atomic mass is 10.2. The number of amides is 1. The highest BCUT2D eigenvalue weighted by molar-refractivity contribution is 9.10. The molecule has 0 bridgehead atoms. The van der Waals surface area contributed by atoms with Gasteiger partial charge in [0.25, 0.3) is 5.91 Å². The summed E-state index contributed by atoms with van der Waals surface area (Å²) in [5.74, 6) is -2.68. The molecule has 0 spiro atoms. The zero-order valence-electron chi connectivity index (χ0n) is 8.95. The van der Waals surface area contributed by atoms with Crippen LogP contribution in [0.15, 0.2) is 41.1 Å². The molecule has 0 atom stereocenters. The minimum absolute atomic E-state index is 0.212. The number of rotatable bonds is 2. The largest absolute Gasteiger partial charge is 0.319 e. The van der Waals surface area contributed by atoms with Gasteiger partial charge in [0.2, 0.25) is 0 Å². The second kappa shape index (κ2) is 5.22. The van der Waals surface area contributed by atoms with Crippen molar-refractivity contribution < 1.29 is 13.6 Å². The summed E-state index contributed by atoms with van der Waals surface area (Å²) in [5.41, 5.74) is 0.0249. The molecule has 0 fully saturated rings. The molecule has 1 amide bonds. The van der Waals surface area contributed by atoms with Crippen LogP contribution in [0, 0.1) is 11.6 Å². The maximum Gasteiger partial charge on any atom is 0.258 e. The second-order valence-corrected chi connectivity index (χ2v) is 4.15. The zero-order chi connectivity index (χ0) is 13.1. The molecule has 1 aromatic heterocycles. The number of hydrogen-bond donors (Lipinski definition) is 1. The van der Waals surface area contributed by atoms with Crippen molar-refractivity contribution in [2.24, 2.45) is 0 Å². The standard InChI is InChI=1S/C12H7BrF2N2O/c13-11-7(3-2-6-16-11)12(18)17-9-5-1-4-8(14)10(9)15/h1-6H,(H,17,18). The Morgan fingerprint density at radius 2 is 2.00 bits per heavy atom. The summed E-state index contributed by atoms with van der Waals surface area (Å²) in [6.07, 6.45) is 1.50. The van der Waals surface area contributed by atoms with E-state index in [1.54, 1.807) is 6.07 Å². The van der Waals surface area contributed by atoms with Gasteiger partial charge >= 0.3 is 0 Å². The zero-order valence-corrected chi connectivity index (χ0v) is 10.5. The van der Waals surface area contributed by atoms with Gasteiger partial charge in [-0.05, 0) is 40.2 Å². The van der Waals surface area contributed by atoms with Crippen LogP contribution in [0.4, 0.5) is 14.5 Å². The molecule has 0 saturated heterocycles. The Bertz CT molecular complexity index is 604. The lowest BCUT2D eigenvalue weighted by Crippen LogP contribution is -2.14. The Balaban J connectivity index is 2.27. The number of carbonyl (C=O) groups excluding carboxylic acids is 1. The molecule has 0 radical (unpaired) electrons. The number of nitrogens with zero attached hydrogens (tertiary/aromatic N) is 1. The summed E-state index contributed by atoms with van der Waals surface area (Å²) in [5, 5.41) is 2.28. The summed E-state index contributed by atoms with van der Waals surface area (Å²) < 4.78 is 26.7. The summed E-state index contributed by atoms with van der Waals surface area (Å²) >= 11 is 3.10. The number of halogens is 3. The lowest BCUT2D eigenvalue weighted by molar-refractivity contribution is 0.102. The van der Waals surface area contributed by atoms with Gasteiger partial charge in [0, 0.05) is 6.20 Å². The summed E-state index contributed by atoms with van der Waals surface area (Å²) in [4.78, 5) is 15.7. The van der Waals surface area contributed by atoms with Crippen LogP contribution in [0.3, 0.4) is 0 Å². The third kappa shape index (κ3) is 2.53. The van der Waals surface area contributed by atoms with Crippen molar-refractivity contribution in [3.05, 3.63) is 58.3 Å². The fourth-order valence-corrected chi connectivity index (χ4v) is 1.78. The van der Waals surface area contributed by atoms with Gasteiger partial charge in [-0.15, -0.1) is 0 Å². The topological polar surface area (TPSA) is 42.0 Å². The average molecular weight is 313 g/mol. The van der Waals surface area contributed by atoms with E-state index in [2.05, 4.69) is 26.2 Å². The minimum atomic E-state index is -1.09. The molecule has 0 aliphatic carbocycles. The summed E-state index contributed by atoms with van der Waals surface area (Å²) in [6, 6.07) is 6.66. The summed E-state index contributed by atoms with van der Waals surface area (Å²) in [6.45, 7) is 0. The van der Waals surface area contributed by atoms with Crippen LogP contribution in [-0.4, -0.2) is 10.9 Å². The molecule has 92 valence electrons. The van der Waals surface area contributed by atoms with E-state index in [1.165, 1.54) is 24.4 Å². The van der Waals surface area contributed by atoms with Crippen molar-refractivity contribution in [2.45, 2.75) is 0 Å². The van der Waals surface area contributed by atoms with Crippen LogP contribution in [0.2, 0.25) is 0 Å². The Morgan fingerprint density at radius 1 is 1.22 bits per heavy atom. The highest BCUT2D eigenvalue weighted by Gasteiger charge is 2.14. The monoisotopic (exact) mass is 312 g/mol. The van der Waals surface area contributed by atoms with E-state index >= 15 is 0 Å². The van der Waals surface area contributed by atoms with Gasteiger partial charge in [-0.1, -0.05) is 6.07 Å². The van der Waals surface area contributed by atoms with E-state index in [9.17, 15) is 13.6 Å². The quantitative estimate of drug-likeness (QED) is 0.864. The highest BCUT2D eigenvalue weighted by atomic mass is 79.9. The van der Waals surface area contributed by atoms with E-state index in [-0.39, 0.29) is 11.3 Å². The molecular formula is C12H7BrF2N2O. The molecule has 1 N–H and O–H groups in total. The van der Waals surface area contributed by atoms with Crippen LogP contribution in [0.5, 0.6) is 0 Å². The third-order valence-corrected chi connectivity index (χ3v) is 2.84. The first kappa shape index (κ1) is 12.6. The van der Waals surface area contributed by atoms with Gasteiger partial charge in [-0.2, -0.15) is 0 Å². The molecule has 2 rings (SSSR count). The van der Waals surface area contributed by atoms with E-state index in [4.69, 9.17) is 0 Å². The van der Waals surface area contributed by atoms with Gasteiger partial charge < -0.3 is 5.32 Å². The molecule has 0 aliphatic heterocycles. The predicted molar refractivity (Wildman–Crippen MR) is 66.2 cm³/mol. The molecule has 0 aliphatic rings. The van der Waals surface area contributed by atoms with Crippen LogP contribution < -0.4 is 5.32 Å². The fourth-order valence-electron chi connectivity index (χ4n) is 1.35. The molecular weight excluding hydrogens is 306 g/mol. The maximum atomic E-state index is 13.4. The maximum absolute atomic E-state index is 13.4. The number of anilines is 1.